The lowest BCUT2D eigenvalue weighted by atomic mass is 10.1. The highest BCUT2D eigenvalue weighted by Crippen LogP contribution is 2.13. The molecule has 0 aliphatic rings. The van der Waals surface area contributed by atoms with Crippen molar-refractivity contribution in [2.24, 2.45) is 0 Å². The van der Waals surface area contributed by atoms with Crippen molar-refractivity contribution in [3.63, 3.8) is 0 Å². The van der Waals surface area contributed by atoms with Crippen LogP contribution < -0.4 is 0 Å². The van der Waals surface area contributed by atoms with E-state index in [0.29, 0.717) is 0 Å². The Balaban J connectivity index is 0.000000375. The van der Waals surface area contributed by atoms with Gasteiger partial charge in [-0.2, -0.15) is 10.5 Å². The van der Waals surface area contributed by atoms with Crippen molar-refractivity contribution in [3.8, 4) is 12.1 Å². The van der Waals surface area contributed by atoms with Crippen LogP contribution in [0.2, 0.25) is 0 Å². The first-order valence-corrected chi connectivity index (χ1v) is 11.4. The van der Waals surface area contributed by atoms with Gasteiger partial charge in [0, 0.05) is 31.2 Å². The third-order valence-electron chi connectivity index (χ3n) is 5.32. The largest absolute Gasteiger partial charge is 0.319 e. The first kappa shape index (κ1) is 25.4. The van der Waals surface area contributed by atoms with E-state index >= 15 is 0 Å². The van der Waals surface area contributed by atoms with Gasteiger partial charge < -0.3 is 9.13 Å². The normalized spacial score (nSPS) is 12.3. The van der Waals surface area contributed by atoms with Gasteiger partial charge >= 0.3 is 0 Å². The lowest BCUT2D eigenvalue weighted by Gasteiger charge is -2.09. The van der Waals surface area contributed by atoms with Gasteiger partial charge in [0.05, 0.1) is 12.1 Å². The Morgan fingerprint density at radius 2 is 1.30 bits per heavy atom. The molecule has 2 aromatic heterocycles. The van der Waals surface area contributed by atoms with E-state index in [-0.39, 0.29) is 12.1 Å². The van der Waals surface area contributed by atoms with Crippen LogP contribution in [0.1, 0.15) is 102 Å². The van der Waals surface area contributed by atoms with Crippen LogP contribution in [0.4, 0.5) is 0 Å². The molecular weight excluding hydrogens is 372 g/mol. The molecule has 0 aromatic carbocycles. The SMILES string of the molecule is CCCCCCCCCCCc1nccn1C(C)C#N.Cc1nccn1C(C)C#N. The second-order valence-corrected chi connectivity index (χ2v) is 7.82. The lowest BCUT2D eigenvalue weighted by molar-refractivity contribution is 0.552. The molecule has 2 rings (SSSR count). The molecule has 0 saturated carbocycles. The molecule has 0 aliphatic heterocycles. The molecule has 0 bridgehead atoms. The zero-order chi connectivity index (χ0) is 22.2. The van der Waals surface area contributed by atoms with Crippen molar-refractivity contribution in [2.45, 2.75) is 104 Å². The minimum atomic E-state index is -0.109. The first-order chi connectivity index (χ1) is 14.5. The summed E-state index contributed by atoms with van der Waals surface area (Å²) in [6.07, 6.45) is 20.3. The zero-order valence-electron chi connectivity index (χ0n) is 19.2. The number of aromatic nitrogens is 4. The number of nitriles is 2. The average Bonchev–Trinajstić information content (AvgIpc) is 3.40. The number of unbranched alkanes of at least 4 members (excludes halogenated alkanes) is 8. The predicted molar refractivity (Wildman–Crippen MR) is 121 cm³/mol. The summed E-state index contributed by atoms with van der Waals surface area (Å²) < 4.78 is 3.82. The number of rotatable bonds is 12. The maximum atomic E-state index is 8.96. The third kappa shape index (κ3) is 9.27. The number of hydrogen-bond donors (Lipinski definition) is 0. The van der Waals surface area contributed by atoms with Crippen LogP contribution in [0.5, 0.6) is 0 Å². The van der Waals surface area contributed by atoms with Gasteiger partial charge in [0.25, 0.3) is 0 Å². The number of imidazole rings is 2. The van der Waals surface area contributed by atoms with E-state index in [2.05, 4.69) is 29.0 Å². The van der Waals surface area contributed by atoms with E-state index in [1.165, 1.54) is 57.8 Å². The lowest BCUT2D eigenvalue weighted by Crippen LogP contribution is -2.06. The van der Waals surface area contributed by atoms with Gasteiger partial charge in [-0.3, -0.25) is 0 Å². The van der Waals surface area contributed by atoms with Crippen molar-refractivity contribution in [1.82, 2.24) is 19.1 Å². The number of hydrogen-bond acceptors (Lipinski definition) is 4. The van der Waals surface area contributed by atoms with E-state index in [9.17, 15) is 0 Å². The summed E-state index contributed by atoms with van der Waals surface area (Å²) in [6.45, 7) is 7.90. The summed E-state index contributed by atoms with van der Waals surface area (Å²) in [6, 6.07) is 4.18. The van der Waals surface area contributed by atoms with Crippen molar-refractivity contribution in [2.75, 3.05) is 0 Å². The van der Waals surface area contributed by atoms with Gasteiger partial charge in [0.15, 0.2) is 0 Å². The molecule has 164 valence electrons. The topological polar surface area (TPSA) is 83.2 Å². The summed E-state index contributed by atoms with van der Waals surface area (Å²) >= 11 is 0. The van der Waals surface area contributed by atoms with Crippen LogP contribution in [0, 0.1) is 29.6 Å². The molecule has 0 radical (unpaired) electrons. The fourth-order valence-electron chi connectivity index (χ4n) is 3.41. The Bertz CT molecular complexity index is 776. The molecule has 2 aromatic rings. The molecule has 30 heavy (non-hydrogen) atoms. The van der Waals surface area contributed by atoms with Gasteiger partial charge in [0.2, 0.25) is 0 Å². The second-order valence-electron chi connectivity index (χ2n) is 7.82. The summed E-state index contributed by atoms with van der Waals surface area (Å²) in [4.78, 5) is 8.36. The molecule has 0 amide bonds. The Morgan fingerprint density at radius 1 is 0.800 bits per heavy atom. The highest BCUT2D eigenvalue weighted by molar-refractivity contribution is 5.00. The average molecular weight is 411 g/mol. The van der Waals surface area contributed by atoms with Crippen LogP contribution in [-0.4, -0.2) is 19.1 Å². The molecule has 0 N–H and O–H groups in total. The quantitative estimate of drug-likeness (QED) is 0.383. The molecule has 2 heterocycles. The maximum Gasteiger partial charge on any atom is 0.119 e. The van der Waals surface area contributed by atoms with Gasteiger partial charge in [0.1, 0.15) is 23.7 Å². The van der Waals surface area contributed by atoms with E-state index in [1.54, 1.807) is 12.4 Å². The first-order valence-electron chi connectivity index (χ1n) is 11.4. The van der Waals surface area contributed by atoms with Crippen molar-refractivity contribution >= 4 is 0 Å². The number of aryl methyl sites for hydroxylation is 2. The van der Waals surface area contributed by atoms with Crippen LogP contribution in [0.15, 0.2) is 24.8 Å². The third-order valence-corrected chi connectivity index (χ3v) is 5.32. The molecule has 0 spiro atoms. The monoisotopic (exact) mass is 410 g/mol. The van der Waals surface area contributed by atoms with Crippen molar-refractivity contribution in [3.05, 3.63) is 36.4 Å². The second kappa shape index (κ2) is 15.3. The van der Waals surface area contributed by atoms with E-state index in [0.717, 1.165) is 18.1 Å². The summed E-state index contributed by atoms with van der Waals surface area (Å²) in [5.74, 6) is 1.94. The summed E-state index contributed by atoms with van der Waals surface area (Å²) in [5.41, 5.74) is 0. The molecule has 6 heteroatoms. The molecule has 2 unspecified atom stereocenters. The Kier molecular flexibility index (Phi) is 12.9. The minimum absolute atomic E-state index is 0.105. The molecule has 0 aliphatic carbocycles. The molecule has 6 nitrogen and oxygen atoms in total. The molecular formula is C24H38N6. The Labute approximate surface area is 182 Å². The minimum Gasteiger partial charge on any atom is -0.319 e. The van der Waals surface area contributed by atoms with Gasteiger partial charge in [-0.05, 0) is 27.2 Å². The Morgan fingerprint density at radius 3 is 1.83 bits per heavy atom. The van der Waals surface area contributed by atoms with Crippen molar-refractivity contribution < 1.29 is 0 Å². The fourth-order valence-corrected chi connectivity index (χ4v) is 3.41. The summed E-state index contributed by atoms with van der Waals surface area (Å²) in [7, 11) is 0. The van der Waals surface area contributed by atoms with Crippen LogP contribution in [0.25, 0.3) is 0 Å². The highest BCUT2D eigenvalue weighted by atomic mass is 15.1. The number of nitrogens with zero attached hydrogens (tertiary/aromatic N) is 6. The van der Waals surface area contributed by atoms with Gasteiger partial charge in [-0.25, -0.2) is 9.97 Å². The standard InChI is InChI=1S/C17H29N3.C7H9N3/c1-3-4-5-6-7-8-9-10-11-12-17-19-13-14-20(17)16(2)15-18;1-6(5-8)10-4-3-9-7(10)2/h13-14,16H,3-12H2,1-2H3;3-4,6H,1-2H3. The Hall–Kier alpha value is -2.60. The van der Waals surface area contributed by atoms with Crippen LogP contribution >= 0.6 is 0 Å². The fraction of sp³-hybridized carbons (Fsp3) is 0.667. The molecule has 0 fully saturated rings. The summed E-state index contributed by atoms with van der Waals surface area (Å²) in [5, 5.41) is 17.5. The highest BCUT2D eigenvalue weighted by Gasteiger charge is 2.08. The molecule has 0 saturated heterocycles. The van der Waals surface area contributed by atoms with Crippen molar-refractivity contribution in [1.29, 1.82) is 10.5 Å². The smallest absolute Gasteiger partial charge is 0.119 e. The van der Waals surface area contributed by atoms with E-state index in [1.807, 2.05) is 42.3 Å². The maximum absolute atomic E-state index is 8.96. The van der Waals surface area contributed by atoms with Crippen LogP contribution in [0.3, 0.4) is 0 Å². The van der Waals surface area contributed by atoms with E-state index in [4.69, 9.17) is 10.5 Å². The van der Waals surface area contributed by atoms with E-state index < -0.39 is 0 Å². The van der Waals surface area contributed by atoms with Crippen LogP contribution in [-0.2, 0) is 6.42 Å². The zero-order valence-corrected chi connectivity index (χ0v) is 19.2. The predicted octanol–water partition coefficient (Wildman–Crippen LogP) is 6.32. The van der Waals surface area contributed by atoms with Gasteiger partial charge in [-0.15, -0.1) is 0 Å². The van der Waals surface area contributed by atoms with Gasteiger partial charge in [-0.1, -0.05) is 58.3 Å². The molecule has 2 atom stereocenters.